The number of carbonyl (C=O) groups is 1. The largest absolute Gasteiger partial charge is 0.486 e. The number of benzene rings is 2. The number of para-hydroxylation sites is 4. The first-order valence-electron chi connectivity index (χ1n) is 12.0. The van der Waals surface area contributed by atoms with Crippen LogP contribution in [0.2, 0.25) is 0 Å². The fourth-order valence-corrected chi connectivity index (χ4v) is 5.60. The van der Waals surface area contributed by atoms with Crippen molar-refractivity contribution in [3.8, 4) is 11.5 Å². The number of anilines is 1. The van der Waals surface area contributed by atoms with Gasteiger partial charge in [0, 0.05) is 31.2 Å². The second kappa shape index (κ2) is 9.89. The number of piperidine rings is 1. The highest BCUT2D eigenvalue weighted by Crippen LogP contribution is 2.40. The Hall–Kier alpha value is -3.33. The van der Waals surface area contributed by atoms with Gasteiger partial charge in [-0.1, -0.05) is 24.3 Å². The summed E-state index contributed by atoms with van der Waals surface area (Å²) >= 11 is 0. The maximum Gasteiger partial charge on any atom is 0.319 e. The van der Waals surface area contributed by atoms with E-state index in [4.69, 9.17) is 9.47 Å². The van der Waals surface area contributed by atoms with Crippen LogP contribution >= 0.6 is 0 Å². The highest BCUT2D eigenvalue weighted by atomic mass is 16.6. The SMILES string of the molecule is O=C(NCCC1CC2CCC(C1)N2CC1COc2ccccc2O1)Nc1ccccc1[N+](=O)[O-]. The molecule has 0 aromatic heterocycles. The Morgan fingerprint density at radius 1 is 1.06 bits per heavy atom. The second-order valence-corrected chi connectivity index (χ2v) is 9.36. The number of urea groups is 1. The molecule has 0 radical (unpaired) electrons. The van der Waals surface area contributed by atoms with E-state index in [9.17, 15) is 14.9 Å². The van der Waals surface area contributed by atoms with Crippen LogP contribution in [-0.4, -0.2) is 53.7 Å². The predicted molar refractivity (Wildman–Crippen MR) is 127 cm³/mol. The molecule has 2 aromatic rings. The zero-order valence-electron chi connectivity index (χ0n) is 19.0. The van der Waals surface area contributed by atoms with Crippen molar-refractivity contribution in [2.45, 2.75) is 50.3 Å². The lowest BCUT2D eigenvalue weighted by Gasteiger charge is -2.41. The molecular formula is C25H30N4O5. The molecule has 9 nitrogen and oxygen atoms in total. The Balaban J connectivity index is 1.07. The van der Waals surface area contributed by atoms with E-state index in [1.807, 2.05) is 24.3 Å². The van der Waals surface area contributed by atoms with E-state index < -0.39 is 11.0 Å². The van der Waals surface area contributed by atoms with Crippen molar-refractivity contribution in [3.63, 3.8) is 0 Å². The second-order valence-electron chi connectivity index (χ2n) is 9.36. The van der Waals surface area contributed by atoms with Crippen molar-refractivity contribution in [3.05, 3.63) is 58.6 Å². The summed E-state index contributed by atoms with van der Waals surface area (Å²) in [5.41, 5.74) is 0.0883. The number of ether oxygens (including phenoxy) is 2. The molecule has 3 heterocycles. The summed E-state index contributed by atoms with van der Waals surface area (Å²) < 4.78 is 12.1. The van der Waals surface area contributed by atoms with Crippen LogP contribution in [0.15, 0.2) is 48.5 Å². The molecule has 2 fully saturated rings. The molecule has 2 N–H and O–H groups in total. The van der Waals surface area contributed by atoms with Gasteiger partial charge in [0.1, 0.15) is 18.4 Å². The zero-order valence-corrected chi connectivity index (χ0v) is 19.0. The smallest absolute Gasteiger partial charge is 0.319 e. The first-order chi connectivity index (χ1) is 16.6. The third-order valence-corrected chi connectivity index (χ3v) is 7.15. The van der Waals surface area contributed by atoms with Gasteiger partial charge in [-0.25, -0.2) is 4.79 Å². The highest BCUT2D eigenvalue weighted by molar-refractivity contribution is 5.91. The quantitative estimate of drug-likeness (QED) is 0.468. The fraction of sp³-hybridized carbons (Fsp3) is 0.480. The Labute approximate surface area is 198 Å². The lowest BCUT2D eigenvalue weighted by atomic mass is 9.88. The summed E-state index contributed by atoms with van der Waals surface area (Å²) in [6.45, 7) is 2.01. The van der Waals surface area contributed by atoms with Crippen molar-refractivity contribution in [1.82, 2.24) is 10.2 Å². The van der Waals surface area contributed by atoms with Crippen molar-refractivity contribution in [2.24, 2.45) is 5.92 Å². The van der Waals surface area contributed by atoms with E-state index in [0.29, 0.717) is 31.2 Å². The maximum atomic E-state index is 12.3. The summed E-state index contributed by atoms with van der Waals surface area (Å²) in [6, 6.07) is 14.7. The van der Waals surface area contributed by atoms with Gasteiger partial charge in [0.2, 0.25) is 0 Å². The Morgan fingerprint density at radius 2 is 1.76 bits per heavy atom. The molecule has 180 valence electrons. The van der Waals surface area contributed by atoms with Gasteiger partial charge in [0.15, 0.2) is 11.5 Å². The van der Waals surface area contributed by atoms with Gasteiger partial charge in [-0.2, -0.15) is 0 Å². The topological polar surface area (TPSA) is 106 Å². The number of hydrogen-bond donors (Lipinski definition) is 2. The average Bonchev–Trinajstić information content (AvgIpc) is 3.06. The van der Waals surface area contributed by atoms with Gasteiger partial charge < -0.3 is 20.1 Å². The van der Waals surface area contributed by atoms with Gasteiger partial charge in [-0.05, 0) is 56.2 Å². The maximum absolute atomic E-state index is 12.3. The predicted octanol–water partition coefficient (Wildman–Crippen LogP) is 4.19. The first-order valence-corrected chi connectivity index (χ1v) is 12.0. The summed E-state index contributed by atoms with van der Waals surface area (Å²) in [5.74, 6) is 2.20. The van der Waals surface area contributed by atoms with Crippen molar-refractivity contribution in [1.29, 1.82) is 0 Å². The Kier molecular flexibility index (Phi) is 6.53. The number of nitro groups is 1. The summed E-state index contributed by atoms with van der Waals surface area (Å²) in [5, 5.41) is 16.6. The van der Waals surface area contributed by atoms with Gasteiger partial charge >= 0.3 is 6.03 Å². The van der Waals surface area contributed by atoms with Gasteiger partial charge in [-0.3, -0.25) is 15.0 Å². The number of fused-ring (bicyclic) bond motifs is 3. The fourth-order valence-electron chi connectivity index (χ4n) is 5.60. The monoisotopic (exact) mass is 466 g/mol. The third kappa shape index (κ3) is 4.94. The van der Waals surface area contributed by atoms with Crippen LogP contribution in [0.25, 0.3) is 0 Å². The standard InChI is InChI=1S/C25H30N4O5/c30-25(27-21-5-1-2-6-22(21)29(31)32)26-12-11-17-13-18-9-10-19(14-17)28(18)15-20-16-33-23-7-3-4-8-24(23)34-20/h1-8,17-20H,9-16H2,(H2,26,27,30). The Morgan fingerprint density at radius 3 is 2.53 bits per heavy atom. The third-order valence-electron chi connectivity index (χ3n) is 7.15. The number of nitro benzene ring substituents is 1. The van der Waals surface area contributed by atoms with E-state index in [2.05, 4.69) is 15.5 Å². The van der Waals surface area contributed by atoms with Crippen molar-refractivity contribution in [2.75, 3.05) is 25.0 Å². The molecule has 34 heavy (non-hydrogen) atoms. The number of nitrogens with zero attached hydrogens (tertiary/aromatic N) is 2. The van der Waals surface area contributed by atoms with E-state index in [1.165, 1.54) is 25.0 Å². The minimum atomic E-state index is -0.498. The van der Waals surface area contributed by atoms with Gasteiger partial charge in [0.05, 0.1) is 4.92 Å². The molecule has 2 saturated heterocycles. The van der Waals surface area contributed by atoms with Crippen LogP contribution in [0.1, 0.15) is 32.1 Å². The van der Waals surface area contributed by atoms with Gasteiger partial charge in [-0.15, -0.1) is 0 Å². The molecule has 2 bridgehead atoms. The first kappa shape index (κ1) is 22.5. The molecule has 0 aliphatic carbocycles. The number of amides is 2. The van der Waals surface area contributed by atoms with Crippen LogP contribution in [0.5, 0.6) is 11.5 Å². The molecule has 2 amide bonds. The van der Waals surface area contributed by atoms with E-state index in [-0.39, 0.29) is 17.5 Å². The van der Waals surface area contributed by atoms with Crippen LogP contribution in [0.3, 0.4) is 0 Å². The van der Waals surface area contributed by atoms with Crippen LogP contribution in [0, 0.1) is 16.0 Å². The molecule has 2 aromatic carbocycles. The van der Waals surface area contributed by atoms with Gasteiger partial charge in [0.25, 0.3) is 5.69 Å². The molecule has 5 rings (SSSR count). The van der Waals surface area contributed by atoms with E-state index in [0.717, 1.165) is 37.3 Å². The van der Waals surface area contributed by atoms with E-state index in [1.54, 1.807) is 12.1 Å². The minimum Gasteiger partial charge on any atom is -0.486 e. The van der Waals surface area contributed by atoms with E-state index >= 15 is 0 Å². The van der Waals surface area contributed by atoms with Crippen molar-refractivity contribution < 1.29 is 19.2 Å². The minimum absolute atomic E-state index is 0.0435. The lowest BCUT2D eigenvalue weighted by molar-refractivity contribution is -0.383. The summed E-state index contributed by atoms with van der Waals surface area (Å²) in [6.07, 6.45) is 5.60. The molecule has 3 aliphatic rings. The molecular weight excluding hydrogens is 436 g/mol. The highest BCUT2D eigenvalue weighted by Gasteiger charge is 2.42. The summed E-state index contributed by atoms with van der Waals surface area (Å²) in [7, 11) is 0. The average molecular weight is 467 g/mol. The molecule has 9 heteroatoms. The normalized spacial score (nSPS) is 25.5. The number of hydrogen-bond acceptors (Lipinski definition) is 6. The molecule has 3 atom stereocenters. The number of rotatable bonds is 7. The number of nitrogens with one attached hydrogen (secondary N) is 2. The lowest BCUT2D eigenvalue weighted by Crippen LogP contribution is -2.49. The summed E-state index contributed by atoms with van der Waals surface area (Å²) in [4.78, 5) is 25.5. The number of carbonyl (C=O) groups excluding carboxylic acids is 1. The van der Waals surface area contributed by atoms with Crippen LogP contribution < -0.4 is 20.1 Å². The van der Waals surface area contributed by atoms with Crippen molar-refractivity contribution >= 4 is 17.4 Å². The molecule has 0 spiro atoms. The molecule has 0 saturated carbocycles. The molecule has 3 unspecified atom stereocenters. The zero-order chi connectivity index (χ0) is 23.5. The van der Waals surface area contributed by atoms with Crippen LogP contribution in [-0.2, 0) is 0 Å². The Bertz CT molecular complexity index is 1030. The van der Waals surface area contributed by atoms with Crippen LogP contribution in [0.4, 0.5) is 16.2 Å². The molecule has 3 aliphatic heterocycles.